The van der Waals surface area contributed by atoms with Gasteiger partial charge in [0.2, 0.25) is 11.8 Å². The Morgan fingerprint density at radius 3 is 2.61 bits per heavy atom. The molecule has 8 heteroatoms. The third-order valence-electron chi connectivity index (χ3n) is 8.74. The van der Waals surface area contributed by atoms with E-state index in [1.54, 1.807) is 17.9 Å². The largest absolute Gasteiger partial charge is 0.466 e. The average molecular weight is 507 g/mol. The van der Waals surface area contributed by atoms with Crippen LogP contribution in [0.4, 0.5) is 0 Å². The van der Waals surface area contributed by atoms with Gasteiger partial charge in [-0.05, 0) is 52.4 Å². The van der Waals surface area contributed by atoms with E-state index in [4.69, 9.17) is 14.6 Å². The van der Waals surface area contributed by atoms with Gasteiger partial charge in [0.1, 0.15) is 17.6 Å². The number of fused-ring (bicyclic) bond motifs is 1. The Labute approximate surface area is 216 Å². The maximum absolute atomic E-state index is 14.3. The monoisotopic (exact) mass is 506 g/mol. The minimum absolute atomic E-state index is 0.00307. The van der Waals surface area contributed by atoms with Crippen LogP contribution in [0.25, 0.3) is 0 Å². The predicted octanol–water partition coefficient (Wildman–Crippen LogP) is 3.32. The van der Waals surface area contributed by atoms with Crippen LogP contribution in [-0.2, 0) is 23.9 Å². The molecule has 3 fully saturated rings. The number of carbonyl (C=O) groups excluding carboxylic acids is 3. The summed E-state index contributed by atoms with van der Waals surface area (Å²) < 4.78 is 12.2. The fraction of sp³-hybridized carbons (Fsp3) is 0.821. The number of hydrogen-bond acceptors (Lipinski definition) is 6. The molecule has 3 aliphatic heterocycles. The summed E-state index contributed by atoms with van der Waals surface area (Å²) in [6.45, 7) is 14.9. The summed E-state index contributed by atoms with van der Waals surface area (Å²) in [6.07, 6.45) is 7.21. The van der Waals surface area contributed by atoms with Crippen LogP contribution in [0.1, 0.15) is 79.6 Å². The van der Waals surface area contributed by atoms with E-state index < -0.39 is 35.0 Å². The van der Waals surface area contributed by atoms with Gasteiger partial charge in [-0.1, -0.05) is 39.2 Å². The van der Waals surface area contributed by atoms with Crippen LogP contribution < -0.4 is 0 Å². The molecule has 0 radical (unpaired) electrons. The molecule has 2 amide bonds. The van der Waals surface area contributed by atoms with E-state index in [-0.39, 0.29) is 37.0 Å². The molecule has 0 aromatic heterocycles. The second-order valence-corrected chi connectivity index (χ2v) is 11.0. The highest BCUT2D eigenvalue weighted by Gasteiger charge is 2.80. The molecule has 3 rings (SSSR count). The van der Waals surface area contributed by atoms with Gasteiger partial charge in [0.15, 0.2) is 0 Å². The van der Waals surface area contributed by atoms with Crippen LogP contribution >= 0.6 is 0 Å². The molecule has 4 unspecified atom stereocenters. The molecule has 7 atom stereocenters. The smallest absolute Gasteiger partial charge is 0.312 e. The molecule has 0 aromatic rings. The van der Waals surface area contributed by atoms with Crippen molar-refractivity contribution < 1.29 is 29.0 Å². The van der Waals surface area contributed by atoms with Crippen molar-refractivity contribution in [3.05, 3.63) is 12.7 Å². The fourth-order valence-electron chi connectivity index (χ4n) is 6.95. The van der Waals surface area contributed by atoms with E-state index in [9.17, 15) is 14.4 Å². The summed E-state index contributed by atoms with van der Waals surface area (Å²) in [5, 5.41) is 9.11. The van der Waals surface area contributed by atoms with E-state index in [0.29, 0.717) is 25.9 Å². The van der Waals surface area contributed by atoms with Gasteiger partial charge in [-0.15, -0.1) is 6.58 Å². The molecule has 0 aliphatic carbocycles. The predicted molar refractivity (Wildman–Crippen MR) is 137 cm³/mol. The second kappa shape index (κ2) is 11.6. The SMILES string of the molecule is C=CCN(C(=O)C1N(CCCCCCO)C(=O)[C@@H]2[C@@H](C(=O)OCC)[C@]3(C)OC12CC3C)C(C)CCC. The summed E-state index contributed by atoms with van der Waals surface area (Å²) in [6, 6.07) is -0.791. The number of nitrogens with zero attached hydrogens (tertiary/aromatic N) is 2. The Bertz CT molecular complexity index is 833. The van der Waals surface area contributed by atoms with E-state index >= 15 is 0 Å². The first-order valence-corrected chi connectivity index (χ1v) is 13.8. The Hall–Kier alpha value is -1.93. The zero-order valence-corrected chi connectivity index (χ0v) is 22.8. The van der Waals surface area contributed by atoms with Crippen LogP contribution in [0.15, 0.2) is 12.7 Å². The van der Waals surface area contributed by atoms with Crippen molar-refractivity contribution in [2.75, 3.05) is 26.3 Å². The van der Waals surface area contributed by atoms with Crippen molar-refractivity contribution in [2.45, 2.75) is 103 Å². The number of amides is 2. The topological polar surface area (TPSA) is 96.4 Å². The summed E-state index contributed by atoms with van der Waals surface area (Å²) in [5.74, 6) is -2.17. The molecule has 8 nitrogen and oxygen atoms in total. The molecule has 3 heterocycles. The van der Waals surface area contributed by atoms with Gasteiger partial charge >= 0.3 is 5.97 Å². The van der Waals surface area contributed by atoms with E-state index in [2.05, 4.69) is 13.5 Å². The number of likely N-dealkylation sites (tertiary alicyclic amines) is 1. The highest BCUT2D eigenvalue weighted by Crippen LogP contribution is 2.65. The van der Waals surface area contributed by atoms with Gasteiger partial charge in [-0.25, -0.2) is 0 Å². The molecule has 1 N–H and O–H groups in total. The molecule has 36 heavy (non-hydrogen) atoms. The minimum Gasteiger partial charge on any atom is -0.466 e. The van der Waals surface area contributed by atoms with Crippen molar-refractivity contribution in [1.82, 2.24) is 9.80 Å². The Morgan fingerprint density at radius 2 is 2.00 bits per heavy atom. The second-order valence-electron chi connectivity index (χ2n) is 11.0. The molecule has 3 saturated heterocycles. The van der Waals surface area contributed by atoms with Gasteiger partial charge < -0.3 is 24.4 Å². The number of rotatable bonds is 14. The number of esters is 1. The van der Waals surface area contributed by atoms with Crippen molar-refractivity contribution in [2.24, 2.45) is 17.8 Å². The lowest BCUT2D eigenvalue weighted by Gasteiger charge is -2.39. The van der Waals surface area contributed by atoms with Gasteiger partial charge in [0.25, 0.3) is 0 Å². The molecule has 0 aromatic carbocycles. The molecule has 3 aliphatic rings. The third-order valence-corrected chi connectivity index (χ3v) is 8.74. The molecule has 0 saturated carbocycles. The number of ether oxygens (including phenoxy) is 2. The zero-order chi connectivity index (χ0) is 26.7. The molecule has 2 bridgehead atoms. The van der Waals surface area contributed by atoms with Crippen molar-refractivity contribution >= 4 is 17.8 Å². The number of carbonyl (C=O) groups is 3. The summed E-state index contributed by atoms with van der Waals surface area (Å²) in [7, 11) is 0. The Balaban J connectivity index is 2.03. The first-order chi connectivity index (χ1) is 17.1. The van der Waals surface area contributed by atoms with Crippen LogP contribution in [0.2, 0.25) is 0 Å². The highest BCUT2D eigenvalue weighted by atomic mass is 16.6. The van der Waals surface area contributed by atoms with Crippen LogP contribution in [0, 0.1) is 17.8 Å². The van der Waals surface area contributed by atoms with Crippen molar-refractivity contribution in [3.8, 4) is 0 Å². The maximum atomic E-state index is 14.3. The Morgan fingerprint density at radius 1 is 1.31 bits per heavy atom. The van der Waals surface area contributed by atoms with Crippen LogP contribution in [0.3, 0.4) is 0 Å². The van der Waals surface area contributed by atoms with E-state index in [1.165, 1.54) is 0 Å². The average Bonchev–Trinajstić information content (AvgIpc) is 3.34. The highest BCUT2D eigenvalue weighted by molar-refractivity contribution is 5.98. The molecular weight excluding hydrogens is 460 g/mol. The fourth-order valence-corrected chi connectivity index (χ4v) is 6.95. The van der Waals surface area contributed by atoms with Crippen LogP contribution in [-0.4, -0.2) is 82.3 Å². The maximum Gasteiger partial charge on any atom is 0.312 e. The number of unbranched alkanes of at least 4 members (excludes halogenated alkanes) is 3. The quantitative estimate of drug-likeness (QED) is 0.221. The lowest BCUT2D eigenvalue weighted by Crippen LogP contribution is -2.58. The number of aliphatic hydroxyl groups excluding tert-OH is 1. The van der Waals surface area contributed by atoms with Gasteiger partial charge in [0.05, 0.1) is 18.1 Å². The van der Waals surface area contributed by atoms with Gasteiger partial charge in [0, 0.05) is 25.7 Å². The molecular formula is C28H46N2O6. The lowest BCUT2D eigenvalue weighted by molar-refractivity contribution is -0.162. The van der Waals surface area contributed by atoms with Crippen LogP contribution in [0.5, 0.6) is 0 Å². The lowest BCUT2D eigenvalue weighted by atomic mass is 9.62. The van der Waals surface area contributed by atoms with E-state index in [1.807, 2.05) is 25.7 Å². The first kappa shape index (κ1) is 28.6. The summed E-state index contributed by atoms with van der Waals surface area (Å²) in [5.41, 5.74) is -1.90. The standard InChI is InChI=1S/C28H46N2O6/c1-7-14-20(5)29(15-8-2)25(33)23-28-18-19(4)27(6,36-28)22(26(34)35-9-3)21(28)24(32)30(23)16-12-10-11-13-17-31/h8,19-23,31H,2,7,9-18H2,1,3-6H3/t19?,20?,21-,22-,23?,27+,28?/m0/s1. The Kier molecular flexibility index (Phi) is 9.25. The van der Waals surface area contributed by atoms with Crippen molar-refractivity contribution in [3.63, 3.8) is 0 Å². The van der Waals surface area contributed by atoms with E-state index in [0.717, 1.165) is 32.1 Å². The number of aliphatic hydroxyl groups is 1. The molecule has 204 valence electrons. The van der Waals surface area contributed by atoms with Gasteiger partial charge in [-0.2, -0.15) is 0 Å². The first-order valence-electron chi connectivity index (χ1n) is 13.8. The van der Waals surface area contributed by atoms with Crippen molar-refractivity contribution in [1.29, 1.82) is 0 Å². The molecule has 1 spiro atoms. The normalized spacial score (nSPS) is 33.5. The summed E-state index contributed by atoms with van der Waals surface area (Å²) >= 11 is 0. The van der Waals surface area contributed by atoms with Gasteiger partial charge in [-0.3, -0.25) is 14.4 Å². The third kappa shape index (κ3) is 4.71. The zero-order valence-electron chi connectivity index (χ0n) is 22.8. The summed E-state index contributed by atoms with van der Waals surface area (Å²) in [4.78, 5) is 45.1. The minimum atomic E-state index is -1.05. The number of hydrogen-bond donors (Lipinski definition) is 1.